The Bertz CT molecular complexity index is 1630. The number of hydrogen-bond acceptors (Lipinski definition) is 7. The normalized spacial score (nSPS) is 16.4. The topological polar surface area (TPSA) is 93.9 Å². The average Bonchev–Trinajstić information content (AvgIpc) is 3.26. The molecule has 1 spiro atoms. The van der Waals surface area contributed by atoms with E-state index in [0.29, 0.717) is 34.0 Å². The lowest BCUT2D eigenvalue weighted by molar-refractivity contribution is -0.383. The molecule has 6 rings (SSSR count). The first-order valence-electron chi connectivity index (χ1n) is 13.5. The highest BCUT2D eigenvalue weighted by molar-refractivity contribution is 5.97. The Morgan fingerprint density at radius 3 is 2.50 bits per heavy atom. The number of para-hydroxylation sites is 2. The molecule has 2 aliphatic rings. The second-order valence-corrected chi connectivity index (χ2v) is 9.94. The summed E-state index contributed by atoms with van der Waals surface area (Å²) < 4.78 is 12.8. The maximum absolute atomic E-state index is 13.2. The number of carbonyl (C=O) groups excluding carboxylic acids is 1. The first-order valence-corrected chi connectivity index (χ1v) is 13.5. The number of esters is 1. The van der Waals surface area contributed by atoms with Gasteiger partial charge >= 0.3 is 5.97 Å². The molecule has 1 unspecified atom stereocenters. The summed E-state index contributed by atoms with van der Waals surface area (Å²) in [4.78, 5) is 26.7. The van der Waals surface area contributed by atoms with Gasteiger partial charge in [0.1, 0.15) is 17.2 Å². The minimum atomic E-state index is -1.23. The van der Waals surface area contributed by atoms with Gasteiger partial charge in [0, 0.05) is 53.3 Å². The summed E-state index contributed by atoms with van der Waals surface area (Å²) in [6, 6.07) is 25.4. The molecule has 0 fully saturated rings. The smallest absolute Gasteiger partial charge is 0.340 e. The molecule has 8 nitrogen and oxygen atoms in total. The van der Waals surface area contributed by atoms with E-state index in [-0.39, 0.29) is 5.69 Å². The Morgan fingerprint density at radius 1 is 0.900 bits per heavy atom. The van der Waals surface area contributed by atoms with Crippen LogP contribution in [-0.2, 0) is 10.3 Å². The fraction of sp³-hybridized carbons (Fsp3) is 0.219. The number of nitrogens with zero attached hydrogens (tertiary/aromatic N) is 2. The van der Waals surface area contributed by atoms with Crippen LogP contribution in [0.25, 0.3) is 0 Å². The van der Waals surface area contributed by atoms with E-state index in [0.717, 1.165) is 42.7 Å². The van der Waals surface area contributed by atoms with Crippen molar-refractivity contribution in [2.24, 2.45) is 0 Å². The highest BCUT2D eigenvalue weighted by Gasteiger charge is 2.53. The number of benzene rings is 4. The Balaban J connectivity index is 1.50. The number of nitro groups is 1. The molecule has 0 bridgehead atoms. The van der Waals surface area contributed by atoms with Gasteiger partial charge < -0.3 is 19.7 Å². The minimum absolute atomic E-state index is 0.0368. The molecule has 0 saturated carbocycles. The van der Waals surface area contributed by atoms with Gasteiger partial charge in [0.05, 0.1) is 10.5 Å². The Kier molecular flexibility index (Phi) is 6.38. The standard InChI is InChI=1S/C32H29N3O5/c1-3-5-18-34(4-2)22-15-16-25-30(20-22)39-29-17-14-21(33-27-12-8-9-13-28(27)35(37)38)19-26(29)32(25)24-11-7-6-10-23(24)31(36)40-32/h6-17,19-20,33H,3-5,18H2,1-2H3. The molecular weight excluding hydrogens is 506 g/mol. The van der Waals surface area contributed by atoms with Crippen LogP contribution in [0, 0.1) is 10.1 Å². The molecule has 0 saturated heterocycles. The van der Waals surface area contributed by atoms with Crippen LogP contribution in [0.3, 0.4) is 0 Å². The van der Waals surface area contributed by atoms with Crippen molar-refractivity contribution in [1.29, 1.82) is 0 Å². The predicted octanol–water partition coefficient (Wildman–Crippen LogP) is 7.53. The fourth-order valence-corrected chi connectivity index (χ4v) is 5.65. The zero-order chi connectivity index (χ0) is 27.9. The van der Waals surface area contributed by atoms with E-state index >= 15 is 0 Å². The van der Waals surface area contributed by atoms with Crippen LogP contribution < -0.4 is 15.0 Å². The van der Waals surface area contributed by atoms with Gasteiger partial charge in [-0.3, -0.25) is 10.1 Å². The highest BCUT2D eigenvalue weighted by Crippen LogP contribution is 2.57. The molecule has 1 N–H and O–H groups in total. The Labute approximate surface area is 232 Å². The molecule has 0 amide bonds. The lowest BCUT2D eigenvalue weighted by Gasteiger charge is -2.37. The summed E-state index contributed by atoms with van der Waals surface area (Å²) in [5.41, 5.74) is 3.36. The van der Waals surface area contributed by atoms with Gasteiger partial charge in [-0.25, -0.2) is 4.79 Å². The van der Waals surface area contributed by atoms with E-state index in [1.165, 1.54) is 6.07 Å². The number of unbranched alkanes of at least 4 members (excludes halogenated alkanes) is 1. The number of nitro benzene ring substituents is 1. The molecule has 4 aromatic carbocycles. The summed E-state index contributed by atoms with van der Waals surface area (Å²) in [5, 5.41) is 14.8. The molecule has 202 valence electrons. The van der Waals surface area contributed by atoms with Crippen molar-refractivity contribution in [3.05, 3.63) is 117 Å². The molecular formula is C32H29N3O5. The Morgan fingerprint density at radius 2 is 1.70 bits per heavy atom. The van der Waals surface area contributed by atoms with Gasteiger partial charge in [-0.2, -0.15) is 0 Å². The van der Waals surface area contributed by atoms with Crippen molar-refractivity contribution in [2.75, 3.05) is 23.3 Å². The molecule has 0 aromatic heterocycles. The van der Waals surface area contributed by atoms with E-state index in [1.807, 2.05) is 42.5 Å². The van der Waals surface area contributed by atoms with Gasteiger partial charge in [-0.05, 0) is 55.8 Å². The van der Waals surface area contributed by atoms with Gasteiger partial charge in [0.15, 0.2) is 5.60 Å². The summed E-state index contributed by atoms with van der Waals surface area (Å²) in [6.45, 7) is 6.10. The number of nitrogens with one attached hydrogen (secondary N) is 1. The van der Waals surface area contributed by atoms with Crippen LogP contribution in [-0.4, -0.2) is 24.0 Å². The molecule has 8 heteroatoms. The lowest BCUT2D eigenvalue weighted by atomic mass is 9.77. The lowest BCUT2D eigenvalue weighted by Crippen LogP contribution is -2.33. The van der Waals surface area contributed by atoms with Crippen molar-refractivity contribution in [3.63, 3.8) is 0 Å². The second kappa shape index (κ2) is 10.0. The predicted molar refractivity (Wildman–Crippen MR) is 154 cm³/mol. The first kappa shape index (κ1) is 25.4. The van der Waals surface area contributed by atoms with Crippen molar-refractivity contribution < 1.29 is 19.2 Å². The van der Waals surface area contributed by atoms with E-state index < -0.39 is 16.5 Å². The van der Waals surface area contributed by atoms with Gasteiger partial charge in [-0.1, -0.05) is 43.7 Å². The fourth-order valence-electron chi connectivity index (χ4n) is 5.65. The van der Waals surface area contributed by atoms with Crippen LogP contribution in [0.15, 0.2) is 84.9 Å². The summed E-state index contributed by atoms with van der Waals surface area (Å²) >= 11 is 0. The summed E-state index contributed by atoms with van der Waals surface area (Å²) in [6.07, 6.45) is 2.18. The maximum Gasteiger partial charge on any atom is 0.340 e. The number of hydrogen-bond donors (Lipinski definition) is 1. The molecule has 0 aliphatic carbocycles. The molecule has 0 radical (unpaired) electrons. The van der Waals surface area contributed by atoms with Crippen LogP contribution in [0.1, 0.15) is 53.7 Å². The van der Waals surface area contributed by atoms with Crippen LogP contribution in [0.4, 0.5) is 22.7 Å². The van der Waals surface area contributed by atoms with Gasteiger partial charge in [0.25, 0.3) is 5.69 Å². The third-order valence-electron chi connectivity index (χ3n) is 7.60. The van der Waals surface area contributed by atoms with E-state index in [4.69, 9.17) is 9.47 Å². The van der Waals surface area contributed by atoms with E-state index in [2.05, 4.69) is 30.1 Å². The minimum Gasteiger partial charge on any atom is -0.456 e. The SMILES string of the molecule is CCCCN(CC)c1ccc2c(c1)Oc1ccc(Nc3ccccc3[N+](=O)[O-])cc1C21OC(=O)c2ccccc21. The average molecular weight is 536 g/mol. The first-order chi connectivity index (χ1) is 19.5. The number of ether oxygens (including phenoxy) is 2. The van der Waals surface area contributed by atoms with Gasteiger partial charge in [0.2, 0.25) is 0 Å². The molecule has 4 aromatic rings. The third-order valence-corrected chi connectivity index (χ3v) is 7.60. The number of carbonyl (C=O) groups is 1. The zero-order valence-electron chi connectivity index (χ0n) is 22.3. The monoisotopic (exact) mass is 535 g/mol. The van der Waals surface area contributed by atoms with Crippen LogP contribution in [0.2, 0.25) is 0 Å². The maximum atomic E-state index is 13.2. The van der Waals surface area contributed by atoms with Gasteiger partial charge in [-0.15, -0.1) is 0 Å². The highest BCUT2D eigenvalue weighted by atomic mass is 16.6. The number of fused-ring (bicyclic) bond motifs is 6. The Hall–Kier alpha value is -4.85. The number of rotatable bonds is 8. The third kappa shape index (κ3) is 4.04. The van der Waals surface area contributed by atoms with Crippen molar-refractivity contribution in [1.82, 2.24) is 0 Å². The molecule has 2 aliphatic heterocycles. The molecule has 1 atom stereocenters. The molecule has 2 heterocycles. The van der Waals surface area contributed by atoms with Crippen molar-refractivity contribution in [3.8, 4) is 11.5 Å². The zero-order valence-corrected chi connectivity index (χ0v) is 22.3. The molecule has 40 heavy (non-hydrogen) atoms. The quantitative estimate of drug-likeness (QED) is 0.142. The van der Waals surface area contributed by atoms with E-state index in [9.17, 15) is 14.9 Å². The second-order valence-electron chi connectivity index (χ2n) is 9.94. The van der Waals surface area contributed by atoms with Crippen molar-refractivity contribution >= 4 is 28.7 Å². The van der Waals surface area contributed by atoms with Crippen LogP contribution in [0.5, 0.6) is 11.5 Å². The largest absolute Gasteiger partial charge is 0.456 e. The van der Waals surface area contributed by atoms with Crippen LogP contribution >= 0.6 is 0 Å². The summed E-state index contributed by atoms with van der Waals surface area (Å²) in [5.74, 6) is 0.774. The number of anilines is 3. The summed E-state index contributed by atoms with van der Waals surface area (Å²) in [7, 11) is 0. The van der Waals surface area contributed by atoms with Crippen molar-refractivity contribution in [2.45, 2.75) is 32.3 Å². The van der Waals surface area contributed by atoms with E-state index in [1.54, 1.807) is 30.3 Å².